The number of benzene rings is 2. The van der Waals surface area contributed by atoms with Gasteiger partial charge in [0.2, 0.25) is 10.0 Å². The number of halogens is 1. The van der Waals surface area contributed by atoms with E-state index in [2.05, 4.69) is 38.4 Å². The van der Waals surface area contributed by atoms with Gasteiger partial charge in [0.15, 0.2) is 5.78 Å². The van der Waals surface area contributed by atoms with E-state index in [0.29, 0.717) is 36.5 Å². The number of aromatic nitrogens is 2. The Morgan fingerprint density at radius 3 is 2.62 bits per heavy atom. The molecule has 42 heavy (non-hydrogen) atoms. The predicted molar refractivity (Wildman–Crippen MR) is 158 cm³/mol. The molecule has 0 amide bonds. The van der Waals surface area contributed by atoms with E-state index >= 15 is 0 Å². The molecule has 0 bridgehead atoms. The Morgan fingerprint density at radius 2 is 1.86 bits per heavy atom. The molecular weight excluding hydrogens is 559 g/mol. The number of nitrogens with zero attached hydrogens (tertiary/aromatic N) is 4. The van der Waals surface area contributed by atoms with E-state index in [4.69, 9.17) is 4.74 Å². The van der Waals surface area contributed by atoms with Crippen molar-refractivity contribution in [1.29, 1.82) is 0 Å². The topological polar surface area (TPSA) is 111 Å². The SMILES string of the molecule is CN1CCN(c2ccc(C(=O)Cc3n[nH]c4c3CN(S(=O)(=O)c3ccccc3F)CC4)c(NC3CCOCC3)c2)CC1. The maximum absolute atomic E-state index is 14.4. The quantitative estimate of drug-likeness (QED) is 0.382. The van der Waals surface area contributed by atoms with Gasteiger partial charge >= 0.3 is 0 Å². The van der Waals surface area contributed by atoms with Crippen LogP contribution in [0.15, 0.2) is 47.4 Å². The minimum Gasteiger partial charge on any atom is -0.381 e. The molecule has 2 N–H and O–H groups in total. The summed E-state index contributed by atoms with van der Waals surface area (Å²) in [6.07, 6.45) is 2.16. The van der Waals surface area contributed by atoms with E-state index in [1.807, 2.05) is 12.1 Å². The summed E-state index contributed by atoms with van der Waals surface area (Å²) in [5.74, 6) is -0.881. The highest BCUT2D eigenvalue weighted by Gasteiger charge is 2.33. The lowest BCUT2D eigenvalue weighted by Crippen LogP contribution is -2.44. The number of carbonyl (C=O) groups is 1. The number of nitrogens with one attached hydrogen (secondary N) is 2. The van der Waals surface area contributed by atoms with Crippen molar-refractivity contribution in [3.8, 4) is 0 Å². The molecule has 224 valence electrons. The van der Waals surface area contributed by atoms with Gasteiger partial charge in [-0.3, -0.25) is 9.89 Å². The number of hydrogen-bond acceptors (Lipinski definition) is 8. The molecule has 0 radical (unpaired) electrons. The highest BCUT2D eigenvalue weighted by atomic mass is 32.2. The largest absolute Gasteiger partial charge is 0.381 e. The van der Waals surface area contributed by atoms with Crippen LogP contribution >= 0.6 is 0 Å². The average Bonchev–Trinajstić information content (AvgIpc) is 3.40. The van der Waals surface area contributed by atoms with Gasteiger partial charge in [0, 0.05) is 93.1 Å². The second-order valence-electron chi connectivity index (χ2n) is 11.3. The molecule has 3 aliphatic heterocycles. The predicted octanol–water partition coefficient (Wildman–Crippen LogP) is 3.06. The maximum atomic E-state index is 14.4. The molecule has 6 rings (SSSR count). The summed E-state index contributed by atoms with van der Waals surface area (Å²) in [6, 6.07) is 11.6. The number of ether oxygens (including phenoxy) is 1. The second-order valence-corrected chi connectivity index (χ2v) is 13.2. The Balaban J connectivity index is 1.24. The number of piperazine rings is 1. The second kappa shape index (κ2) is 12.1. The van der Waals surface area contributed by atoms with Gasteiger partial charge in [-0.15, -0.1) is 0 Å². The van der Waals surface area contributed by atoms with E-state index < -0.39 is 15.8 Å². The van der Waals surface area contributed by atoms with Crippen LogP contribution in [0.2, 0.25) is 0 Å². The molecule has 0 atom stereocenters. The molecule has 4 heterocycles. The zero-order valence-electron chi connectivity index (χ0n) is 23.8. The van der Waals surface area contributed by atoms with Crippen molar-refractivity contribution in [2.45, 2.75) is 43.2 Å². The van der Waals surface area contributed by atoms with Crippen LogP contribution in [-0.4, -0.2) is 92.6 Å². The zero-order valence-corrected chi connectivity index (χ0v) is 24.6. The van der Waals surface area contributed by atoms with E-state index in [1.54, 1.807) is 0 Å². The molecule has 2 fully saturated rings. The van der Waals surface area contributed by atoms with Crippen molar-refractivity contribution in [3.05, 3.63) is 70.8 Å². The fourth-order valence-electron chi connectivity index (χ4n) is 5.94. The first-order chi connectivity index (χ1) is 20.3. The van der Waals surface area contributed by atoms with Crippen molar-refractivity contribution in [3.63, 3.8) is 0 Å². The van der Waals surface area contributed by atoms with Crippen LogP contribution in [0.1, 0.15) is 40.2 Å². The van der Waals surface area contributed by atoms with E-state index in [0.717, 1.165) is 62.2 Å². The summed E-state index contributed by atoms with van der Waals surface area (Å²) in [6.45, 7) is 5.41. The first-order valence-corrected chi connectivity index (χ1v) is 16.0. The standard InChI is InChI=1S/C30H37FN6O4S/c1-35-12-14-36(15-13-35)22-6-7-23(27(18-22)32-21-9-16-41-17-10-21)29(38)19-28-24-20-37(11-8-26(24)33-34-28)42(39,40)30-5-3-2-4-25(30)31/h2-7,18,21,32H,8-17,19-20H2,1H3,(H,33,34). The number of ketones is 1. The molecule has 0 unspecified atom stereocenters. The number of sulfonamides is 1. The van der Waals surface area contributed by atoms with E-state index in [1.165, 1.54) is 22.5 Å². The van der Waals surface area contributed by atoms with Crippen LogP contribution in [0, 0.1) is 5.82 Å². The highest BCUT2D eigenvalue weighted by molar-refractivity contribution is 7.89. The number of anilines is 2. The molecule has 0 saturated carbocycles. The lowest BCUT2D eigenvalue weighted by Gasteiger charge is -2.34. The molecule has 12 heteroatoms. The number of hydrogen-bond donors (Lipinski definition) is 2. The summed E-state index contributed by atoms with van der Waals surface area (Å²) in [4.78, 5) is 18.1. The van der Waals surface area contributed by atoms with Crippen molar-refractivity contribution >= 4 is 27.2 Å². The summed E-state index contributed by atoms with van der Waals surface area (Å²) >= 11 is 0. The third-order valence-corrected chi connectivity index (χ3v) is 10.4. The fraction of sp³-hybridized carbons (Fsp3) is 0.467. The van der Waals surface area contributed by atoms with Crippen LogP contribution in [0.3, 0.4) is 0 Å². The number of carbonyl (C=O) groups excluding carboxylic acids is 1. The number of Topliss-reactive ketones (excluding diaryl/α,β-unsaturated/α-hetero) is 1. The van der Waals surface area contributed by atoms with Crippen LogP contribution in [0.4, 0.5) is 15.8 Å². The van der Waals surface area contributed by atoms with E-state index in [-0.39, 0.29) is 36.2 Å². The van der Waals surface area contributed by atoms with Crippen LogP contribution in [0.5, 0.6) is 0 Å². The number of rotatable bonds is 8. The average molecular weight is 597 g/mol. The molecule has 0 spiro atoms. The van der Waals surface area contributed by atoms with Crippen molar-refractivity contribution in [1.82, 2.24) is 19.4 Å². The summed E-state index contributed by atoms with van der Waals surface area (Å²) < 4.78 is 47.7. The van der Waals surface area contributed by atoms with Gasteiger partial charge in [-0.05, 0) is 50.2 Å². The maximum Gasteiger partial charge on any atom is 0.246 e. The highest BCUT2D eigenvalue weighted by Crippen LogP contribution is 2.30. The molecule has 3 aliphatic rings. The van der Waals surface area contributed by atoms with Gasteiger partial charge in [0.1, 0.15) is 10.7 Å². The number of aromatic amines is 1. The third kappa shape index (κ3) is 5.94. The van der Waals surface area contributed by atoms with Crippen LogP contribution in [-0.2, 0) is 34.1 Å². The molecule has 3 aromatic rings. The van der Waals surface area contributed by atoms with Crippen molar-refractivity contribution < 1.29 is 22.3 Å². The van der Waals surface area contributed by atoms with Crippen molar-refractivity contribution in [2.24, 2.45) is 0 Å². The van der Waals surface area contributed by atoms with Crippen molar-refractivity contribution in [2.75, 3.05) is 63.2 Å². The smallest absolute Gasteiger partial charge is 0.246 e. The van der Waals surface area contributed by atoms with Gasteiger partial charge in [0.05, 0.1) is 12.1 Å². The van der Waals surface area contributed by atoms with Gasteiger partial charge < -0.3 is 19.9 Å². The molecule has 2 saturated heterocycles. The van der Waals surface area contributed by atoms with Gasteiger partial charge in [-0.25, -0.2) is 12.8 Å². The molecule has 0 aliphatic carbocycles. The van der Waals surface area contributed by atoms with Crippen LogP contribution in [0.25, 0.3) is 0 Å². The molecule has 2 aromatic carbocycles. The summed E-state index contributed by atoms with van der Waals surface area (Å²) in [5.41, 5.74) is 4.48. The monoisotopic (exact) mass is 596 g/mol. The minimum absolute atomic E-state index is 0.0235. The normalized spacial score (nSPS) is 19.0. The summed E-state index contributed by atoms with van der Waals surface area (Å²) in [7, 11) is -1.92. The zero-order chi connectivity index (χ0) is 29.3. The fourth-order valence-corrected chi connectivity index (χ4v) is 7.41. The third-order valence-electron chi connectivity index (χ3n) is 8.52. The minimum atomic E-state index is -4.05. The number of likely N-dealkylation sites (N-methyl/N-ethyl adjacent to an activating group) is 1. The Labute approximate surface area is 245 Å². The first-order valence-electron chi connectivity index (χ1n) is 14.5. The number of fused-ring (bicyclic) bond motifs is 1. The Morgan fingerprint density at radius 1 is 1.10 bits per heavy atom. The lowest BCUT2D eigenvalue weighted by atomic mass is 9.98. The molecular formula is C30H37FN6O4S. The van der Waals surface area contributed by atoms with Gasteiger partial charge in [-0.2, -0.15) is 9.40 Å². The molecule has 1 aromatic heterocycles. The van der Waals surface area contributed by atoms with Gasteiger partial charge in [-0.1, -0.05) is 12.1 Å². The Hall–Kier alpha value is -3.32. The Kier molecular flexibility index (Phi) is 8.30. The van der Waals surface area contributed by atoms with E-state index in [9.17, 15) is 17.6 Å². The first kappa shape index (κ1) is 28.8. The van der Waals surface area contributed by atoms with Crippen LogP contribution < -0.4 is 10.2 Å². The lowest BCUT2D eigenvalue weighted by molar-refractivity contribution is 0.0904. The Bertz CT molecular complexity index is 1550. The summed E-state index contributed by atoms with van der Waals surface area (Å²) in [5, 5.41) is 11.0. The van der Waals surface area contributed by atoms with Gasteiger partial charge in [0.25, 0.3) is 0 Å². The molecule has 10 nitrogen and oxygen atoms in total. The number of H-pyrrole nitrogens is 1.